The number of piperidine rings is 1. The van der Waals surface area contributed by atoms with Gasteiger partial charge in [0, 0.05) is 6.54 Å². The zero-order chi connectivity index (χ0) is 20.7. The number of carbonyl (C=O) groups is 2. The molecule has 0 saturated carbocycles. The highest BCUT2D eigenvalue weighted by molar-refractivity contribution is 5.98. The van der Waals surface area contributed by atoms with Crippen LogP contribution in [0.4, 0.5) is 4.79 Å². The smallest absolute Gasteiger partial charge is 0.328 e. The van der Waals surface area contributed by atoms with Gasteiger partial charge in [-0.15, -0.1) is 0 Å². The number of hydrogen-bond acceptors (Lipinski definition) is 5. The summed E-state index contributed by atoms with van der Waals surface area (Å²) < 4.78 is 10.8. The predicted octanol–water partition coefficient (Wildman–Crippen LogP) is 3.01. The molecule has 0 aromatic heterocycles. The summed E-state index contributed by atoms with van der Waals surface area (Å²) in [6.45, 7) is 3.76. The zero-order valence-corrected chi connectivity index (χ0v) is 17.0. The monoisotopic (exact) mass is 407 g/mol. The molecule has 30 heavy (non-hydrogen) atoms. The highest BCUT2D eigenvalue weighted by Gasteiger charge is 2.47. The first-order chi connectivity index (χ1) is 14.6. The molecular weight excluding hydrogens is 382 g/mol. The van der Waals surface area contributed by atoms with Crippen molar-refractivity contribution in [2.45, 2.75) is 39.0 Å². The van der Waals surface area contributed by atoms with Crippen molar-refractivity contribution in [3.8, 4) is 11.5 Å². The third-order valence-corrected chi connectivity index (χ3v) is 6.20. The van der Waals surface area contributed by atoms with Crippen molar-refractivity contribution in [2.75, 3.05) is 13.3 Å². The molecule has 2 aromatic rings. The number of carbonyl (C=O) groups excluding carboxylic acids is 2. The lowest BCUT2D eigenvalue weighted by molar-refractivity contribution is -0.142. The van der Waals surface area contributed by atoms with E-state index in [0.717, 1.165) is 36.1 Å². The lowest BCUT2D eigenvalue weighted by Gasteiger charge is -2.47. The lowest BCUT2D eigenvalue weighted by Crippen LogP contribution is -2.66. The summed E-state index contributed by atoms with van der Waals surface area (Å²) in [7, 11) is 0. The van der Waals surface area contributed by atoms with Crippen molar-refractivity contribution >= 4 is 11.9 Å². The summed E-state index contributed by atoms with van der Waals surface area (Å²) in [6, 6.07) is 13.4. The Bertz CT molecular complexity index is 992. The Morgan fingerprint density at radius 1 is 1.07 bits per heavy atom. The highest BCUT2D eigenvalue weighted by Crippen LogP contribution is 2.35. The van der Waals surface area contributed by atoms with Crippen LogP contribution in [0, 0.1) is 12.8 Å². The van der Waals surface area contributed by atoms with Gasteiger partial charge < -0.3 is 14.4 Å². The molecule has 0 bridgehead atoms. The van der Waals surface area contributed by atoms with Crippen LogP contribution in [-0.2, 0) is 17.9 Å². The molecule has 156 valence electrons. The Hall–Kier alpha value is -3.06. The van der Waals surface area contributed by atoms with E-state index in [1.165, 1.54) is 4.90 Å². The van der Waals surface area contributed by atoms with E-state index in [0.29, 0.717) is 18.0 Å². The third-order valence-electron chi connectivity index (χ3n) is 6.20. The van der Waals surface area contributed by atoms with E-state index in [9.17, 15) is 9.59 Å². The van der Waals surface area contributed by atoms with Gasteiger partial charge in [-0.25, -0.2) is 4.79 Å². The Labute approximate surface area is 175 Å². The molecule has 2 unspecified atom stereocenters. The molecule has 0 aliphatic carbocycles. The van der Waals surface area contributed by atoms with E-state index in [-0.39, 0.29) is 37.4 Å². The van der Waals surface area contributed by atoms with Crippen LogP contribution in [0.15, 0.2) is 42.5 Å². The maximum Gasteiger partial charge on any atom is 0.328 e. The van der Waals surface area contributed by atoms with Crippen LogP contribution in [-0.4, -0.2) is 41.2 Å². The van der Waals surface area contributed by atoms with Gasteiger partial charge in [0.15, 0.2) is 11.5 Å². The summed E-state index contributed by atoms with van der Waals surface area (Å²) in [5.41, 5.74) is 3.07. The number of hydrogen-bond donors (Lipinski definition) is 1. The van der Waals surface area contributed by atoms with Gasteiger partial charge in [-0.05, 0) is 55.1 Å². The zero-order valence-electron chi connectivity index (χ0n) is 17.0. The molecule has 3 amide bonds. The van der Waals surface area contributed by atoms with E-state index < -0.39 is 0 Å². The van der Waals surface area contributed by atoms with Crippen molar-refractivity contribution in [3.05, 3.63) is 59.2 Å². The molecule has 0 radical (unpaired) electrons. The van der Waals surface area contributed by atoms with Gasteiger partial charge in [0.1, 0.15) is 0 Å². The molecule has 3 heterocycles. The average molecular weight is 407 g/mol. The molecule has 7 heteroatoms. The second kappa shape index (κ2) is 7.65. The minimum absolute atomic E-state index is 0.101. The molecule has 1 N–H and O–H groups in total. The summed E-state index contributed by atoms with van der Waals surface area (Å²) in [5.74, 6) is 1.01. The number of benzene rings is 2. The molecule has 7 nitrogen and oxygen atoms in total. The average Bonchev–Trinajstić information content (AvgIpc) is 3.23. The standard InChI is InChI=1S/C23H25N3O4/c1-15-5-2-3-6-17(15)13-25-21-18(7-4-10-24-21)22(27)26(23(25)28)12-16-8-9-19-20(11-16)30-14-29-19/h2-3,5-6,8-9,11,18,21,24H,4,7,10,12-14H2,1H3. The molecule has 2 fully saturated rings. The van der Waals surface area contributed by atoms with Gasteiger partial charge in [0.2, 0.25) is 12.7 Å². The molecule has 2 atom stereocenters. The second-order valence-corrected chi connectivity index (χ2v) is 8.10. The van der Waals surface area contributed by atoms with Crippen LogP contribution in [0.2, 0.25) is 0 Å². The van der Waals surface area contributed by atoms with Crippen LogP contribution in [0.5, 0.6) is 11.5 Å². The van der Waals surface area contributed by atoms with Crippen LogP contribution < -0.4 is 14.8 Å². The van der Waals surface area contributed by atoms with E-state index in [4.69, 9.17) is 9.47 Å². The number of amides is 3. The number of nitrogens with one attached hydrogen (secondary N) is 1. The van der Waals surface area contributed by atoms with Crippen LogP contribution in [0.1, 0.15) is 29.5 Å². The first kappa shape index (κ1) is 18.9. The van der Waals surface area contributed by atoms with E-state index >= 15 is 0 Å². The van der Waals surface area contributed by atoms with Gasteiger partial charge in [0.25, 0.3) is 0 Å². The Morgan fingerprint density at radius 2 is 1.90 bits per heavy atom. The van der Waals surface area contributed by atoms with Crippen LogP contribution in [0.25, 0.3) is 0 Å². The van der Waals surface area contributed by atoms with Gasteiger partial charge in [-0.1, -0.05) is 30.3 Å². The summed E-state index contributed by atoms with van der Waals surface area (Å²) in [6.07, 6.45) is 1.45. The Morgan fingerprint density at radius 3 is 2.77 bits per heavy atom. The normalized spacial score (nSPS) is 23.0. The first-order valence-electron chi connectivity index (χ1n) is 10.4. The third kappa shape index (κ3) is 3.29. The minimum Gasteiger partial charge on any atom is -0.454 e. The SMILES string of the molecule is Cc1ccccc1CN1C(=O)N(Cc2ccc3c(c2)OCO3)C(=O)C2CCCNC21. The van der Waals surface area contributed by atoms with Crippen LogP contribution in [0.3, 0.4) is 0 Å². The number of urea groups is 1. The topological polar surface area (TPSA) is 71.1 Å². The second-order valence-electron chi connectivity index (χ2n) is 8.10. The van der Waals surface area contributed by atoms with E-state index in [1.54, 1.807) is 0 Å². The fraction of sp³-hybridized carbons (Fsp3) is 0.391. The number of nitrogens with zero attached hydrogens (tertiary/aromatic N) is 2. The maximum atomic E-state index is 13.5. The van der Waals surface area contributed by atoms with Crippen molar-refractivity contribution in [3.63, 3.8) is 0 Å². The van der Waals surface area contributed by atoms with Gasteiger partial charge >= 0.3 is 6.03 Å². The van der Waals surface area contributed by atoms with Crippen molar-refractivity contribution in [2.24, 2.45) is 5.92 Å². The fourth-order valence-electron chi connectivity index (χ4n) is 4.53. The number of ether oxygens (including phenoxy) is 2. The number of fused-ring (bicyclic) bond motifs is 2. The highest BCUT2D eigenvalue weighted by atomic mass is 16.7. The number of aryl methyl sites for hydroxylation is 1. The van der Waals surface area contributed by atoms with E-state index in [2.05, 4.69) is 5.32 Å². The largest absolute Gasteiger partial charge is 0.454 e. The molecular formula is C23H25N3O4. The lowest BCUT2D eigenvalue weighted by atomic mass is 9.90. The molecule has 0 spiro atoms. The Balaban J connectivity index is 1.44. The first-order valence-corrected chi connectivity index (χ1v) is 10.4. The number of imide groups is 1. The minimum atomic E-state index is -0.258. The molecule has 2 aromatic carbocycles. The van der Waals surface area contributed by atoms with Gasteiger partial charge in [0.05, 0.1) is 18.6 Å². The number of rotatable bonds is 4. The van der Waals surface area contributed by atoms with Gasteiger partial charge in [-0.3, -0.25) is 15.0 Å². The molecule has 2 saturated heterocycles. The molecule has 3 aliphatic heterocycles. The van der Waals surface area contributed by atoms with E-state index in [1.807, 2.05) is 54.3 Å². The predicted molar refractivity (Wildman–Crippen MR) is 110 cm³/mol. The molecule has 5 rings (SSSR count). The van der Waals surface area contributed by atoms with Crippen molar-refractivity contribution in [1.82, 2.24) is 15.1 Å². The van der Waals surface area contributed by atoms with Crippen molar-refractivity contribution in [1.29, 1.82) is 0 Å². The summed E-state index contributed by atoms with van der Waals surface area (Å²) in [5, 5.41) is 3.41. The summed E-state index contributed by atoms with van der Waals surface area (Å²) >= 11 is 0. The summed E-state index contributed by atoms with van der Waals surface area (Å²) in [4.78, 5) is 29.9. The van der Waals surface area contributed by atoms with Gasteiger partial charge in [-0.2, -0.15) is 0 Å². The fourth-order valence-corrected chi connectivity index (χ4v) is 4.53. The quantitative estimate of drug-likeness (QED) is 0.844. The van der Waals surface area contributed by atoms with Crippen molar-refractivity contribution < 1.29 is 19.1 Å². The maximum absolute atomic E-state index is 13.5. The van der Waals surface area contributed by atoms with Crippen LogP contribution >= 0.6 is 0 Å². The Kier molecular flexibility index (Phi) is 4.83. The molecule has 3 aliphatic rings.